The van der Waals surface area contributed by atoms with E-state index in [2.05, 4.69) is 21.5 Å². The summed E-state index contributed by atoms with van der Waals surface area (Å²) in [5, 5.41) is 10.8. The van der Waals surface area contributed by atoms with Crippen molar-refractivity contribution in [3.8, 4) is 0 Å². The van der Waals surface area contributed by atoms with Gasteiger partial charge in [0.05, 0.1) is 28.8 Å². The lowest BCUT2D eigenvalue weighted by Gasteiger charge is -2.20. The number of nitro benzene ring substituents is 1. The standard InChI is InChI=1S/C21H20N6O7/c1-10-14(8-33-20(30)12-3-5-13(6-4-12)27(31)32)16(34-11(2)28)7-15(10)26-9-23-17-18(26)24-21(22)25-19(17)29/h3-6,9,14-16H,1,7-8H2,2H3,(H3,22,24,25,29)/t14-,15-,16-/m0/s1. The van der Waals surface area contributed by atoms with Crippen LogP contribution in [0, 0.1) is 16.0 Å². The van der Waals surface area contributed by atoms with Crippen LogP contribution >= 0.6 is 0 Å². The highest BCUT2D eigenvalue weighted by molar-refractivity contribution is 5.89. The van der Waals surface area contributed by atoms with Gasteiger partial charge in [0.15, 0.2) is 11.2 Å². The van der Waals surface area contributed by atoms with E-state index >= 15 is 0 Å². The van der Waals surface area contributed by atoms with Crippen molar-refractivity contribution < 1.29 is 24.0 Å². The minimum Gasteiger partial charge on any atom is -0.462 e. The summed E-state index contributed by atoms with van der Waals surface area (Å²) in [4.78, 5) is 57.1. The molecule has 2 aromatic heterocycles. The molecule has 1 aliphatic carbocycles. The number of nitrogens with one attached hydrogen (secondary N) is 1. The maximum absolute atomic E-state index is 12.5. The lowest BCUT2D eigenvalue weighted by Crippen LogP contribution is -2.26. The van der Waals surface area contributed by atoms with Gasteiger partial charge in [-0.1, -0.05) is 6.58 Å². The van der Waals surface area contributed by atoms with Crippen LogP contribution in [0.15, 0.2) is 47.5 Å². The zero-order valence-corrected chi connectivity index (χ0v) is 18.0. The Hall–Kier alpha value is -4.55. The van der Waals surface area contributed by atoms with E-state index < -0.39 is 40.5 Å². The minimum absolute atomic E-state index is 0.0760. The molecule has 0 bridgehead atoms. The van der Waals surface area contributed by atoms with E-state index in [1.807, 2.05) is 0 Å². The van der Waals surface area contributed by atoms with E-state index in [0.29, 0.717) is 5.57 Å². The SMILES string of the molecule is C=C1[C@H](COC(=O)c2ccc([N+](=O)[O-])cc2)[C@@H](OC(C)=O)C[C@@H]1n1cnc2c(=O)[nH]c(N)nc21. The highest BCUT2D eigenvalue weighted by atomic mass is 16.6. The monoisotopic (exact) mass is 468 g/mol. The van der Waals surface area contributed by atoms with Gasteiger partial charge in [-0.3, -0.25) is 24.7 Å². The molecule has 0 radical (unpaired) electrons. The van der Waals surface area contributed by atoms with E-state index in [0.717, 1.165) is 0 Å². The molecule has 176 valence electrons. The van der Waals surface area contributed by atoms with Crippen molar-refractivity contribution in [2.24, 2.45) is 5.92 Å². The third-order valence-corrected chi connectivity index (χ3v) is 5.62. The normalized spacial score (nSPS) is 19.8. The average Bonchev–Trinajstić information content (AvgIpc) is 3.32. The summed E-state index contributed by atoms with van der Waals surface area (Å²) in [7, 11) is 0. The summed E-state index contributed by atoms with van der Waals surface area (Å²) in [5.74, 6) is -1.83. The van der Waals surface area contributed by atoms with Gasteiger partial charge in [-0.15, -0.1) is 0 Å². The summed E-state index contributed by atoms with van der Waals surface area (Å²) in [6, 6.07) is 4.54. The first-order valence-electron chi connectivity index (χ1n) is 10.2. The second-order valence-corrected chi connectivity index (χ2v) is 7.76. The first kappa shape index (κ1) is 22.6. The Morgan fingerprint density at radius 1 is 1.35 bits per heavy atom. The van der Waals surface area contributed by atoms with Crippen LogP contribution in [-0.2, 0) is 14.3 Å². The van der Waals surface area contributed by atoms with Crippen LogP contribution in [0.1, 0.15) is 29.7 Å². The number of nitro groups is 1. The number of ether oxygens (including phenoxy) is 2. The number of nitrogens with two attached hydrogens (primary N) is 1. The van der Waals surface area contributed by atoms with Gasteiger partial charge < -0.3 is 19.8 Å². The third kappa shape index (κ3) is 4.22. The number of aromatic amines is 1. The summed E-state index contributed by atoms with van der Waals surface area (Å²) in [6.45, 7) is 5.23. The average molecular weight is 468 g/mol. The zero-order chi connectivity index (χ0) is 24.6. The molecule has 1 aliphatic rings. The Balaban J connectivity index is 1.56. The number of nitrogens with zero attached hydrogens (tertiary/aromatic N) is 4. The Kier molecular flexibility index (Phi) is 5.84. The number of fused-ring (bicyclic) bond motifs is 1. The highest BCUT2D eigenvalue weighted by Crippen LogP contribution is 2.42. The topological polar surface area (TPSA) is 185 Å². The fourth-order valence-electron chi connectivity index (χ4n) is 4.01. The van der Waals surface area contributed by atoms with Gasteiger partial charge in [0, 0.05) is 25.5 Å². The summed E-state index contributed by atoms with van der Waals surface area (Å²) < 4.78 is 12.5. The number of hydrogen-bond donors (Lipinski definition) is 2. The molecule has 3 aromatic rings. The molecule has 0 unspecified atom stereocenters. The first-order chi connectivity index (χ1) is 16.2. The molecule has 13 nitrogen and oxygen atoms in total. The molecule has 1 fully saturated rings. The summed E-state index contributed by atoms with van der Waals surface area (Å²) >= 11 is 0. The number of carbonyl (C=O) groups is 2. The van der Waals surface area contributed by atoms with Crippen LogP contribution in [0.5, 0.6) is 0 Å². The number of esters is 2. The van der Waals surface area contributed by atoms with Gasteiger partial charge in [-0.25, -0.2) is 9.78 Å². The number of hydrogen-bond acceptors (Lipinski definition) is 10. The van der Waals surface area contributed by atoms with Crippen molar-refractivity contribution >= 4 is 34.7 Å². The zero-order valence-electron chi connectivity index (χ0n) is 18.0. The Bertz CT molecular complexity index is 1360. The maximum Gasteiger partial charge on any atom is 0.338 e. The minimum atomic E-state index is -0.693. The van der Waals surface area contributed by atoms with Crippen molar-refractivity contribution in [2.75, 3.05) is 12.3 Å². The maximum atomic E-state index is 12.5. The molecule has 0 amide bonds. The van der Waals surface area contributed by atoms with Crippen LogP contribution < -0.4 is 11.3 Å². The molecule has 3 N–H and O–H groups in total. The fourth-order valence-corrected chi connectivity index (χ4v) is 4.01. The van der Waals surface area contributed by atoms with E-state index in [9.17, 15) is 24.5 Å². The van der Waals surface area contributed by atoms with Crippen molar-refractivity contribution in [3.63, 3.8) is 0 Å². The number of rotatable bonds is 6. The first-order valence-corrected chi connectivity index (χ1v) is 10.2. The molecule has 34 heavy (non-hydrogen) atoms. The molecule has 0 spiro atoms. The van der Waals surface area contributed by atoms with Gasteiger partial charge in [-0.05, 0) is 17.7 Å². The van der Waals surface area contributed by atoms with Gasteiger partial charge in [0.2, 0.25) is 5.95 Å². The van der Waals surface area contributed by atoms with E-state index in [1.165, 1.54) is 37.5 Å². The lowest BCUT2D eigenvalue weighted by atomic mass is 10.0. The number of non-ortho nitro benzene ring substituents is 1. The quantitative estimate of drug-likeness (QED) is 0.232. The molecular weight excluding hydrogens is 448 g/mol. The van der Waals surface area contributed by atoms with E-state index in [1.54, 1.807) is 4.57 Å². The molecule has 3 atom stereocenters. The molecule has 0 saturated heterocycles. The number of anilines is 1. The number of imidazole rings is 1. The number of nitrogen functional groups attached to an aromatic ring is 1. The molecule has 1 aromatic carbocycles. The van der Waals surface area contributed by atoms with Crippen molar-refractivity contribution in [2.45, 2.75) is 25.5 Å². The van der Waals surface area contributed by atoms with Crippen molar-refractivity contribution in [3.05, 3.63) is 68.8 Å². The number of benzene rings is 1. The van der Waals surface area contributed by atoms with Gasteiger partial charge in [0.25, 0.3) is 11.2 Å². The highest BCUT2D eigenvalue weighted by Gasteiger charge is 2.42. The fraction of sp³-hybridized carbons (Fsp3) is 0.286. The van der Waals surface area contributed by atoms with Crippen LogP contribution in [0.3, 0.4) is 0 Å². The molecular formula is C21H20N6O7. The van der Waals surface area contributed by atoms with Crippen LogP contribution in [0.4, 0.5) is 11.6 Å². The van der Waals surface area contributed by atoms with Crippen LogP contribution in [0.2, 0.25) is 0 Å². The number of H-pyrrole nitrogens is 1. The van der Waals surface area contributed by atoms with E-state index in [4.69, 9.17) is 15.2 Å². The molecule has 13 heteroatoms. The van der Waals surface area contributed by atoms with Gasteiger partial charge >= 0.3 is 11.9 Å². The summed E-state index contributed by atoms with van der Waals surface area (Å²) in [5.41, 5.74) is 6.09. The smallest absolute Gasteiger partial charge is 0.338 e. The van der Waals surface area contributed by atoms with Gasteiger partial charge in [-0.2, -0.15) is 4.98 Å². The molecule has 1 saturated carbocycles. The Morgan fingerprint density at radius 3 is 2.71 bits per heavy atom. The van der Waals surface area contributed by atoms with E-state index in [-0.39, 0.29) is 41.4 Å². The molecule has 2 heterocycles. The third-order valence-electron chi connectivity index (χ3n) is 5.62. The van der Waals surface area contributed by atoms with Crippen molar-refractivity contribution in [1.29, 1.82) is 0 Å². The second kappa shape index (κ2) is 8.77. The van der Waals surface area contributed by atoms with Gasteiger partial charge in [0.1, 0.15) is 12.7 Å². The number of carbonyl (C=O) groups excluding carboxylic acids is 2. The van der Waals surface area contributed by atoms with Crippen LogP contribution in [-0.4, -0.2) is 49.1 Å². The number of aromatic nitrogens is 4. The van der Waals surface area contributed by atoms with Crippen LogP contribution in [0.25, 0.3) is 11.2 Å². The summed E-state index contributed by atoms with van der Waals surface area (Å²) in [6.07, 6.45) is 1.06. The predicted molar refractivity (Wildman–Crippen MR) is 118 cm³/mol. The Labute approximate surface area is 191 Å². The molecule has 0 aliphatic heterocycles. The predicted octanol–water partition coefficient (Wildman–Crippen LogP) is 1.52. The van der Waals surface area contributed by atoms with Crippen molar-refractivity contribution in [1.82, 2.24) is 19.5 Å². The molecule has 4 rings (SSSR count). The second-order valence-electron chi connectivity index (χ2n) is 7.76. The largest absolute Gasteiger partial charge is 0.462 e. The Morgan fingerprint density at radius 2 is 2.06 bits per heavy atom. The lowest BCUT2D eigenvalue weighted by molar-refractivity contribution is -0.384.